The second-order valence-electron chi connectivity index (χ2n) is 24.7. The van der Waals surface area contributed by atoms with E-state index in [2.05, 4.69) is 178 Å². The number of hydrazine groups is 8. The number of nitrogens with zero attached hydrogens (tertiary/aromatic N) is 9. The van der Waals surface area contributed by atoms with Gasteiger partial charge in [0.2, 0.25) is 11.6 Å². The van der Waals surface area contributed by atoms with Gasteiger partial charge in [-0.25, -0.2) is 13.1 Å². The largest absolute Gasteiger partial charge is 0.331 e. The van der Waals surface area contributed by atoms with Crippen molar-refractivity contribution in [1.82, 2.24) is 86.8 Å². The van der Waals surface area contributed by atoms with Gasteiger partial charge in [0.05, 0.1) is 39.9 Å². The van der Waals surface area contributed by atoms with Gasteiger partial charge in [-0.15, -0.1) is 0 Å². The topological polar surface area (TPSA) is 544 Å². The third kappa shape index (κ3) is 58.8. The summed E-state index contributed by atoms with van der Waals surface area (Å²) in [7, 11) is 1.65. The number of thiocarbonyl (C=S) groups is 8. The van der Waals surface area contributed by atoms with Crippen molar-refractivity contribution < 1.29 is 38.4 Å². The quantitative estimate of drug-likeness (QED) is 0.0185. The fourth-order valence-electron chi connectivity index (χ4n) is 8.07. The number of carbonyl (C=O) groups excluding carboxylic acids is 8. The highest BCUT2D eigenvalue weighted by Crippen LogP contribution is 2.23. The van der Waals surface area contributed by atoms with E-state index in [-0.39, 0.29) is 81.1 Å². The second kappa shape index (κ2) is 69.8. The molecule has 0 spiro atoms. The highest BCUT2D eigenvalue weighted by Gasteiger charge is 2.14. The first kappa shape index (κ1) is 116. The number of nitrogens with one attached hydrogen (secondary N) is 22. The average molecular weight is 2100 g/mol. The highest BCUT2D eigenvalue weighted by molar-refractivity contribution is 9.10. The van der Waals surface area contributed by atoms with E-state index in [0.717, 1.165) is 70.7 Å². The number of hydrazone groups is 1. The summed E-state index contributed by atoms with van der Waals surface area (Å²) in [5.41, 5.74) is 46.1. The molecule has 8 aromatic rings. The van der Waals surface area contributed by atoms with Crippen molar-refractivity contribution in [3.05, 3.63) is 242 Å². The van der Waals surface area contributed by atoms with E-state index in [4.69, 9.17) is 137 Å². The molecule has 22 N–H and O–H groups in total. The van der Waals surface area contributed by atoms with Crippen LogP contribution in [0.4, 0.5) is 39.8 Å². The molecule has 8 amide bonds. The minimum atomic E-state index is -0.644. The van der Waals surface area contributed by atoms with Gasteiger partial charge < -0.3 is 41.6 Å². The smallest absolute Gasteiger partial charge is 0.318 e. The fourth-order valence-corrected chi connectivity index (χ4v) is 9.97. The fraction of sp³-hybridized carbons (Fsp3) is 0.157. The third-order valence-electron chi connectivity index (χ3n) is 14.0. The number of aryl methyl sites for hydroxylation is 2. The maximum atomic E-state index is 11.6. The van der Waals surface area contributed by atoms with E-state index in [1.54, 1.807) is 82.4 Å². The molecule has 0 aliphatic rings. The predicted molar refractivity (Wildman–Crippen MR) is 552 cm³/mol. The van der Waals surface area contributed by atoms with Crippen molar-refractivity contribution in [2.45, 2.75) is 66.7 Å². The van der Waals surface area contributed by atoms with E-state index in [0.29, 0.717) is 21.4 Å². The number of benzene rings is 8. The van der Waals surface area contributed by atoms with Crippen molar-refractivity contribution in [3.8, 4) is 30.3 Å². The SMILES string of the molecule is CC(=S)NNC(=O)/C(C#N)=N/N(C)c1ccccc1.CCC(=O)NNC(C)=S.Cc1ccc(NC(=S)NNC(=O)CC#N)cc1.N#CCC(=O)NNC(=S)Nc1ccc(Br)cc1.N#CCC(=O)NNC(=S)Nc1ccc(Cl)cc1.N#CCC(=O)NNC(=S)Nc1cccc(Br)c1.[C-]#[N+]CC(=O)NNC(=S)Nc1ccc(C)cc1.[C-]#[N+]CC(=O)NNC(=S)Nc1cccc2ccccc12. The van der Waals surface area contributed by atoms with Crippen LogP contribution in [0.25, 0.3) is 20.5 Å². The lowest BCUT2D eigenvalue weighted by Gasteiger charge is -2.13. The average Bonchev–Trinajstić information content (AvgIpc) is 0.826. The van der Waals surface area contributed by atoms with Crippen molar-refractivity contribution in [3.63, 3.8) is 0 Å². The molecule has 0 bridgehead atoms. The molecule has 0 aromatic heterocycles. The molecule has 133 heavy (non-hydrogen) atoms. The van der Waals surface area contributed by atoms with Crippen molar-refractivity contribution >= 4 is 285 Å². The van der Waals surface area contributed by atoms with Gasteiger partial charge in [-0.2, -0.15) is 31.4 Å². The first-order valence-electron chi connectivity index (χ1n) is 37.6. The van der Waals surface area contributed by atoms with E-state index >= 15 is 0 Å². The lowest BCUT2D eigenvalue weighted by molar-refractivity contribution is -0.122. The van der Waals surface area contributed by atoms with Crippen LogP contribution in [0.1, 0.15) is 64.0 Å². The van der Waals surface area contributed by atoms with Crippen LogP contribution in [0.5, 0.6) is 0 Å². The van der Waals surface area contributed by atoms with Crippen LogP contribution in [0.15, 0.2) is 208 Å². The Kier molecular flexibility index (Phi) is 60.8. The van der Waals surface area contributed by atoms with Gasteiger partial charge in [-0.3, -0.25) is 130 Å². The lowest BCUT2D eigenvalue weighted by atomic mass is 10.1. The van der Waals surface area contributed by atoms with Crippen molar-refractivity contribution in [2.75, 3.05) is 57.0 Å². The molecule has 0 radical (unpaired) electrons. The standard InChI is InChI=1S/C14H12N4OS.C12H13N5OS.2C11H12N4OS.2C10H9BrN4OS.C10H9ClN4OS.C5H10N2OS/c1-15-9-13(19)17-18-14(20)16-12-8-4-6-10-5-2-3-7-11(10)12;1-9(19)14-15-12(18)11(8-13)16-17(2)10-6-4-3-5-7-10;1-8-3-5-9(6-4-8)13-11(17)15-14-10(16)7-12-2;1-8-2-4-9(5-3-8)13-11(17)15-14-10(16)6-7-12;11-7-1-3-8(4-2-7)13-10(17)15-14-9(16)5-6-12;11-7-2-1-3-8(6-7)13-10(17)15-14-9(16)4-5-12;11-7-1-3-8(4-2-7)13-10(17)15-14-9(16)5-6-12;1-3-5(8)7-6-4(2)9/h2-8H,9H2,(H,17,19)(H2,16,18,20);3-7H,1-2H3,(H,14,19)(H,15,18);3-6H,7H2,1H3,(H,14,16)(H2,13,15,17);2-5H,6H2,1H3,(H,14,16)(H2,13,15,17);1-4H,5H2,(H,14,16)(H2,13,15,17);1-3,6H,4H2,(H,14,16)(H2,13,15,17);1-4H,5H2,(H,14,16)(H2,13,15,17);3H2,1-2H3,(H,6,9)(H,7,8)/b;16-11+;;;;;;. The Hall–Kier alpha value is -15.2. The summed E-state index contributed by atoms with van der Waals surface area (Å²) in [6.45, 7) is 21.7. The zero-order valence-electron chi connectivity index (χ0n) is 71.1. The van der Waals surface area contributed by atoms with Gasteiger partial charge >= 0.3 is 17.7 Å². The molecule has 0 heterocycles. The van der Waals surface area contributed by atoms with Crippen LogP contribution >= 0.6 is 141 Å². The molecule has 0 aliphatic heterocycles. The number of carbonyl (C=O) groups is 8. The molecule has 0 atom stereocenters. The number of hydrogen-bond donors (Lipinski definition) is 22. The third-order valence-corrected chi connectivity index (χ3v) is 16.7. The van der Waals surface area contributed by atoms with E-state index in [9.17, 15) is 38.4 Å². The summed E-state index contributed by atoms with van der Waals surface area (Å²) in [4.78, 5) is 94.9. The summed E-state index contributed by atoms with van der Waals surface area (Å²) in [6.07, 6.45) is -0.396. The van der Waals surface area contributed by atoms with E-state index < -0.39 is 41.4 Å². The number of halogens is 3. The molecule has 0 fully saturated rings. The van der Waals surface area contributed by atoms with Gasteiger partial charge in [0.15, 0.2) is 30.7 Å². The Morgan fingerprint density at radius 3 is 1.11 bits per heavy atom. The molecule has 0 saturated heterocycles. The Labute approximate surface area is 831 Å². The van der Waals surface area contributed by atoms with Crippen LogP contribution in [0.3, 0.4) is 0 Å². The summed E-state index contributed by atoms with van der Waals surface area (Å²) in [5.74, 6) is -3.31. The molecule has 8 rings (SSSR count). The molecule has 50 heteroatoms. The van der Waals surface area contributed by atoms with Gasteiger partial charge in [0.1, 0.15) is 31.8 Å². The van der Waals surface area contributed by atoms with Crippen LogP contribution in [-0.4, -0.2) is 114 Å². The minimum Gasteiger partial charge on any atom is -0.331 e. The van der Waals surface area contributed by atoms with Crippen LogP contribution in [-0.2, 0) is 38.4 Å². The number of para-hydroxylation sites is 1. The minimum absolute atomic E-state index is 0.0563. The molecular weight excluding hydrogens is 2010 g/mol. The second-order valence-corrected chi connectivity index (χ2v) is 30.6. The number of amides is 8. The number of nitriles is 5. The summed E-state index contributed by atoms with van der Waals surface area (Å²) < 4.78 is 1.88. The Balaban J connectivity index is 0.000000765. The first-order valence-corrected chi connectivity index (χ1v) is 42.8. The number of fused-ring (bicyclic) bond motifs is 1. The highest BCUT2D eigenvalue weighted by atomic mass is 79.9. The molecule has 690 valence electrons. The molecular formula is C83H86Br2ClN31O8S8. The van der Waals surface area contributed by atoms with Crippen LogP contribution in [0, 0.1) is 83.6 Å². The molecule has 39 nitrogen and oxygen atoms in total. The zero-order chi connectivity index (χ0) is 99.3. The number of hydrogen-bond acceptors (Lipinski definition) is 23. The Morgan fingerprint density at radius 2 is 0.729 bits per heavy atom. The summed E-state index contributed by atoms with van der Waals surface area (Å²) in [5, 5.41) is 69.0. The maximum Gasteiger partial charge on any atom is 0.318 e. The van der Waals surface area contributed by atoms with Crippen LogP contribution < -0.4 is 124 Å². The molecule has 0 saturated carbocycles. The number of rotatable bonds is 16. The first-order chi connectivity index (χ1) is 63.5. The normalized spacial score (nSPS) is 9.17. The monoisotopic (exact) mass is 2090 g/mol. The summed E-state index contributed by atoms with van der Waals surface area (Å²) >= 11 is 51.5. The molecule has 8 aromatic carbocycles. The lowest BCUT2D eigenvalue weighted by Crippen LogP contribution is -2.44. The van der Waals surface area contributed by atoms with Gasteiger partial charge in [0.25, 0.3) is 36.7 Å². The van der Waals surface area contributed by atoms with Crippen molar-refractivity contribution in [2.24, 2.45) is 5.10 Å². The Morgan fingerprint density at radius 1 is 0.391 bits per heavy atom. The Bertz CT molecular complexity index is 5300. The van der Waals surface area contributed by atoms with E-state index in [1.807, 2.05) is 184 Å². The van der Waals surface area contributed by atoms with Crippen molar-refractivity contribution in [1.29, 1.82) is 26.3 Å². The maximum absolute atomic E-state index is 11.6. The van der Waals surface area contributed by atoms with Gasteiger partial charge in [-0.1, -0.05) is 171 Å². The van der Waals surface area contributed by atoms with Gasteiger partial charge in [0, 0.05) is 66.9 Å². The molecule has 0 unspecified atom stereocenters. The zero-order valence-corrected chi connectivity index (χ0v) is 81.6. The number of anilines is 7. The predicted octanol–water partition coefficient (Wildman–Crippen LogP) is 10.8. The molecule has 0 aliphatic carbocycles. The van der Waals surface area contributed by atoms with E-state index in [1.165, 1.54) is 5.01 Å². The summed E-state index contributed by atoms with van der Waals surface area (Å²) in [6, 6.07) is 68.5. The van der Waals surface area contributed by atoms with Gasteiger partial charge in [-0.05, 0) is 216 Å². The van der Waals surface area contributed by atoms with Crippen LogP contribution in [0.2, 0.25) is 5.02 Å².